The number of rotatable bonds is 7. The standard InChI is InChI=1S/C13H25N2.BrH.H2O/c1-4-5-6-7-8-9-10-15-12-11-14(3)13(15)2;;/h11-12H,4-10H2,1-3H3;1H;1H2/q+1;;/p-1. The highest BCUT2D eigenvalue weighted by atomic mass is 79.9. The van der Waals surface area contributed by atoms with E-state index < -0.39 is 0 Å². The average Bonchev–Trinajstić information content (AvgIpc) is 2.54. The summed E-state index contributed by atoms with van der Waals surface area (Å²) in [5, 5.41) is 0. The van der Waals surface area contributed by atoms with Gasteiger partial charge in [-0.15, -0.1) is 0 Å². The van der Waals surface area contributed by atoms with E-state index in [0.29, 0.717) is 0 Å². The van der Waals surface area contributed by atoms with Crippen LogP contribution in [0.1, 0.15) is 51.3 Å². The molecule has 1 aromatic heterocycles. The summed E-state index contributed by atoms with van der Waals surface area (Å²) >= 11 is 0. The van der Waals surface area contributed by atoms with Crippen molar-refractivity contribution in [2.75, 3.05) is 0 Å². The molecule has 0 radical (unpaired) electrons. The molecule has 3 nitrogen and oxygen atoms in total. The summed E-state index contributed by atoms with van der Waals surface area (Å²) in [5.74, 6) is 1.35. The molecule has 2 N–H and O–H groups in total. The van der Waals surface area contributed by atoms with Gasteiger partial charge in [-0.05, 0) is 12.8 Å². The van der Waals surface area contributed by atoms with Crippen LogP contribution in [0.5, 0.6) is 0 Å². The molecule has 0 amide bonds. The Hall–Kier alpha value is -0.350. The van der Waals surface area contributed by atoms with E-state index in [1.807, 2.05) is 0 Å². The van der Waals surface area contributed by atoms with E-state index in [4.69, 9.17) is 0 Å². The predicted molar refractivity (Wildman–Crippen MR) is 67.3 cm³/mol. The summed E-state index contributed by atoms with van der Waals surface area (Å²) in [7, 11) is 2.10. The molecule has 4 heteroatoms. The minimum atomic E-state index is 0. The minimum Gasteiger partial charge on any atom is -1.00 e. The Morgan fingerprint density at radius 1 is 1.12 bits per heavy atom. The molecule has 0 atom stereocenters. The number of nitrogens with zero attached hydrogens (tertiary/aromatic N) is 2. The van der Waals surface area contributed by atoms with Crippen LogP contribution in [-0.2, 0) is 13.6 Å². The lowest BCUT2D eigenvalue weighted by molar-refractivity contribution is -0.677. The second-order valence-electron chi connectivity index (χ2n) is 4.42. The van der Waals surface area contributed by atoms with Gasteiger partial charge in [0.1, 0.15) is 12.4 Å². The highest BCUT2D eigenvalue weighted by Crippen LogP contribution is 2.06. The van der Waals surface area contributed by atoms with Gasteiger partial charge in [0.05, 0.1) is 13.6 Å². The third-order valence-electron chi connectivity index (χ3n) is 3.15. The topological polar surface area (TPSA) is 40.3 Å². The fraction of sp³-hybridized carbons (Fsp3) is 0.769. The lowest BCUT2D eigenvalue weighted by atomic mass is 10.1. The lowest BCUT2D eigenvalue weighted by Crippen LogP contribution is -3.00. The number of hydrogen-bond acceptors (Lipinski definition) is 0. The molecule has 0 fully saturated rings. The number of halogens is 1. The van der Waals surface area contributed by atoms with Crippen molar-refractivity contribution in [1.82, 2.24) is 4.57 Å². The smallest absolute Gasteiger partial charge is 0.253 e. The van der Waals surface area contributed by atoms with E-state index in [-0.39, 0.29) is 22.5 Å². The molecule has 0 bridgehead atoms. The van der Waals surface area contributed by atoms with Gasteiger partial charge in [0.25, 0.3) is 5.82 Å². The predicted octanol–water partition coefficient (Wildman–Crippen LogP) is -0.839. The van der Waals surface area contributed by atoms with Crippen molar-refractivity contribution in [3.63, 3.8) is 0 Å². The average molecular weight is 307 g/mol. The van der Waals surface area contributed by atoms with E-state index in [9.17, 15) is 0 Å². The second-order valence-corrected chi connectivity index (χ2v) is 4.42. The van der Waals surface area contributed by atoms with E-state index in [2.05, 4.69) is 42.4 Å². The largest absolute Gasteiger partial charge is 1.00 e. The molecule has 0 unspecified atom stereocenters. The van der Waals surface area contributed by atoms with Crippen molar-refractivity contribution in [1.29, 1.82) is 0 Å². The van der Waals surface area contributed by atoms with Gasteiger partial charge in [-0.3, -0.25) is 0 Å². The van der Waals surface area contributed by atoms with Crippen LogP contribution in [0.4, 0.5) is 0 Å². The summed E-state index contributed by atoms with van der Waals surface area (Å²) in [6.07, 6.45) is 12.6. The maximum Gasteiger partial charge on any atom is 0.253 e. The van der Waals surface area contributed by atoms with Crippen LogP contribution < -0.4 is 21.5 Å². The zero-order valence-electron chi connectivity index (χ0n) is 11.4. The van der Waals surface area contributed by atoms with E-state index >= 15 is 0 Å². The van der Waals surface area contributed by atoms with Gasteiger partial charge in [-0.25, -0.2) is 9.13 Å². The van der Waals surface area contributed by atoms with Gasteiger partial charge in [0.2, 0.25) is 0 Å². The summed E-state index contributed by atoms with van der Waals surface area (Å²) in [6.45, 7) is 5.62. The van der Waals surface area contributed by atoms with Gasteiger partial charge >= 0.3 is 0 Å². The first-order valence-electron chi connectivity index (χ1n) is 6.27. The Bertz CT molecular complexity index is 287. The molecule has 1 aromatic rings. The van der Waals surface area contributed by atoms with E-state index in [0.717, 1.165) is 0 Å². The molecule has 1 heterocycles. The molecule has 0 aliphatic heterocycles. The zero-order valence-corrected chi connectivity index (χ0v) is 13.0. The van der Waals surface area contributed by atoms with Crippen LogP contribution >= 0.6 is 0 Å². The summed E-state index contributed by atoms with van der Waals surface area (Å²) in [4.78, 5) is 0. The minimum absolute atomic E-state index is 0. The third kappa shape index (κ3) is 6.84. The fourth-order valence-corrected chi connectivity index (χ4v) is 1.90. The molecular formula is C13H27BrN2O. The SMILES string of the molecule is CCCCCCCCn1cc[n+](C)c1C.O.[Br-]. The summed E-state index contributed by atoms with van der Waals surface area (Å²) in [5.41, 5.74) is 0. The van der Waals surface area contributed by atoms with Crippen molar-refractivity contribution >= 4 is 0 Å². The monoisotopic (exact) mass is 306 g/mol. The molecule has 0 saturated carbocycles. The number of imidazole rings is 1. The van der Waals surface area contributed by atoms with Gasteiger partial charge < -0.3 is 22.5 Å². The van der Waals surface area contributed by atoms with Crippen molar-refractivity contribution in [2.45, 2.75) is 58.9 Å². The zero-order chi connectivity index (χ0) is 11.1. The number of aromatic nitrogens is 2. The third-order valence-corrected chi connectivity index (χ3v) is 3.15. The Labute approximate surface area is 116 Å². The Morgan fingerprint density at radius 2 is 1.71 bits per heavy atom. The summed E-state index contributed by atoms with van der Waals surface area (Å²) in [6, 6.07) is 0. The normalized spacial score (nSPS) is 9.59. The maximum atomic E-state index is 2.35. The highest BCUT2D eigenvalue weighted by Gasteiger charge is 2.07. The summed E-state index contributed by atoms with van der Waals surface area (Å²) < 4.78 is 4.52. The molecule has 0 aromatic carbocycles. The van der Waals surface area contributed by atoms with Crippen LogP contribution in [0.2, 0.25) is 0 Å². The van der Waals surface area contributed by atoms with Crippen molar-refractivity contribution in [3.05, 3.63) is 18.2 Å². The lowest BCUT2D eigenvalue weighted by Gasteiger charge is -2.00. The van der Waals surface area contributed by atoms with Crippen molar-refractivity contribution in [3.8, 4) is 0 Å². The highest BCUT2D eigenvalue weighted by molar-refractivity contribution is 4.78. The molecule has 1 rings (SSSR count). The van der Waals surface area contributed by atoms with Gasteiger partial charge in [-0.2, -0.15) is 0 Å². The number of hydrogen-bond donors (Lipinski definition) is 0. The van der Waals surface area contributed by atoms with E-state index in [1.54, 1.807) is 0 Å². The molecule has 102 valence electrons. The number of unbranched alkanes of at least 4 members (excludes halogenated alkanes) is 5. The molecular weight excluding hydrogens is 280 g/mol. The van der Waals surface area contributed by atoms with Gasteiger partial charge in [0, 0.05) is 6.92 Å². The van der Waals surface area contributed by atoms with Crippen LogP contribution in [0.3, 0.4) is 0 Å². The fourth-order valence-electron chi connectivity index (χ4n) is 1.90. The molecule has 17 heavy (non-hydrogen) atoms. The second kappa shape index (κ2) is 10.8. The first-order valence-corrected chi connectivity index (χ1v) is 6.27. The maximum absolute atomic E-state index is 2.35. The van der Waals surface area contributed by atoms with Crippen molar-refractivity contribution < 1.29 is 27.0 Å². The van der Waals surface area contributed by atoms with Crippen LogP contribution in [0.25, 0.3) is 0 Å². The number of aryl methyl sites for hydroxylation is 2. The Kier molecular flexibility index (Phi) is 12.1. The molecule has 0 aliphatic carbocycles. The Morgan fingerprint density at radius 3 is 2.24 bits per heavy atom. The van der Waals surface area contributed by atoms with Gasteiger partial charge in [-0.1, -0.05) is 32.6 Å². The van der Waals surface area contributed by atoms with Crippen LogP contribution in [-0.4, -0.2) is 10.0 Å². The first kappa shape index (κ1) is 19.0. The Balaban J connectivity index is 0. The van der Waals surface area contributed by atoms with Gasteiger partial charge in [0.15, 0.2) is 0 Å². The van der Waals surface area contributed by atoms with E-state index in [1.165, 1.54) is 50.9 Å². The quantitative estimate of drug-likeness (QED) is 0.466. The van der Waals surface area contributed by atoms with Crippen molar-refractivity contribution in [2.24, 2.45) is 7.05 Å². The van der Waals surface area contributed by atoms with Crippen LogP contribution in [0.15, 0.2) is 12.4 Å². The first-order chi connectivity index (χ1) is 7.25. The molecule has 0 saturated heterocycles. The molecule has 0 aliphatic rings. The van der Waals surface area contributed by atoms with Crippen LogP contribution in [0, 0.1) is 6.92 Å². The molecule has 0 spiro atoms.